The molecule has 29 heavy (non-hydrogen) atoms. The highest BCUT2D eigenvalue weighted by atomic mass is 35.5. The largest absolute Gasteiger partial charge is 0.496 e. The Morgan fingerprint density at radius 3 is 2.41 bits per heavy atom. The average Bonchev–Trinajstić information content (AvgIpc) is 2.75. The molecule has 0 aliphatic carbocycles. The van der Waals surface area contributed by atoms with Gasteiger partial charge in [-0.2, -0.15) is 0 Å². The molecule has 0 saturated carbocycles. The van der Waals surface area contributed by atoms with Crippen LogP contribution in [0.15, 0.2) is 48.5 Å². The molecule has 2 rings (SSSR count). The molecule has 0 heterocycles. The fourth-order valence-electron chi connectivity index (χ4n) is 2.94. The Morgan fingerprint density at radius 1 is 1.03 bits per heavy atom. The topological polar surface area (TPSA) is 69.7 Å². The molecule has 0 N–H and O–H groups in total. The molecule has 0 radical (unpaired) electrons. The average molecular weight is 437 g/mol. The highest BCUT2D eigenvalue weighted by Gasteiger charge is 2.37. The summed E-state index contributed by atoms with van der Waals surface area (Å²) in [4.78, 5) is 25.5. The van der Waals surface area contributed by atoms with E-state index < -0.39 is 18.6 Å². The van der Waals surface area contributed by atoms with E-state index in [-0.39, 0.29) is 28.9 Å². The zero-order valence-corrected chi connectivity index (χ0v) is 18.4. The lowest BCUT2D eigenvalue weighted by Crippen LogP contribution is -2.19. The zero-order valence-electron chi connectivity index (χ0n) is 16.7. The molecule has 0 amide bonds. The van der Waals surface area contributed by atoms with E-state index >= 15 is 0 Å². The van der Waals surface area contributed by atoms with Gasteiger partial charge in [0.25, 0.3) is 0 Å². The van der Waals surface area contributed by atoms with Gasteiger partial charge in [-0.15, -0.1) is 0 Å². The first-order chi connectivity index (χ1) is 13.9. The molecule has 1 unspecified atom stereocenters. The lowest BCUT2D eigenvalue weighted by Gasteiger charge is -2.19. The molecule has 0 aromatic heterocycles. The quantitative estimate of drug-likeness (QED) is 0.271. The highest BCUT2D eigenvalue weighted by molar-refractivity contribution is 7.87. The smallest absolute Gasteiger partial charge is 0.306 e. The molecule has 0 saturated heterocycles. The van der Waals surface area contributed by atoms with Gasteiger partial charge in [0.15, 0.2) is 7.14 Å². The number of methoxy groups -OCH3 is 1. The van der Waals surface area contributed by atoms with E-state index in [1.807, 2.05) is 0 Å². The van der Waals surface area contributed by atoms with Crippen LogP contribution in [0.2, 0.25) is 5.02 Å². The molecule has 0 fully saturated rings. The van der Waals surface area contributed by atoms with Crippen molar-refractivity contribution in [1.29, 1.82) is 0 Å². The van der Waals surface area contributed by atoms with Crippen LogP contribution in [-0.2, 0) is 14.1 Å². The normalized spacial score (nSPS) is 12.8. The molecule has 1 atom stereocenters. The lowest BCUT2D eigenvalue weighted by molar-refractivity contribution is -0.143. The van der Waals surface area contributed by atoms with Gasteiger partial charge in [-0.05, 0) is 18.6 Å². The van der Waals surface area contributed by atoms with E-state index in [1.54, 1.807) is 48.5 Å². The van der Waals surface area contributed by atoms with E-state index in [9.17, 15) is 14.2 Å². The minimum Gasteiger partial charge on any atom is -0.496 e. The van der Waals surface area contributed by atoms with Crippen LogP contribution in [0, 0.1) is 0 Å². The number of unbranched alkanes of at least 4 members (excludes halogenated alkanes) is 2. The number of ether oxygens (including phenoxy) is 2. The summed E-state index contributed by atoms with van der Waals surface area (Å²) >= 11 is 6.24. The summed E-state index contributed by atoms with van der Waals surface area (Å²) < 4.78 is 24.4. The third kappa shape index (κ3) is 5.94. The number of hydrogen-bond acceptors (Lipinski definition) is 5. The van der Waals surface area contributed by atoms with Crippen LogP contribution < -0.4 is 10.0 Å². The Labute approximate surface area is 176 Å². The summed E-state index contributed by atoms with van der Waals surface area (Å²) in [6.07, 6.45) is 2.54. The van der Waals surface area contributed by atoms with Gasteiger partial charge in [-0.3, -0.25) is 9.59 Å². The number of carbonyl (C=O) groups is 2. The van der Waals surface area contributed by atoms with Crippen molar-refractivity contribution < 1.29 is 23.6 Å². The summed E-state index contributed by atoms with van der Waals surface area (Å²) in [5, 5.41) is 0.540. The van der Waals surface area contributed by atoms with E-state index in [4.69, 9.17) is 21.1 Å². The second-order valence-electron chi connectivity index (χ2n) is 6.60. The van der Waals surface area contributed by atoms with Crippen molar-refractivity contribution in [2.45, 2.75) is 32.6 Å². The fraction of sp³-hybridized carbons (Fsp3) is 0.364. The molecule has 5 nitrogen and oxygen atoms in total. The van der Waals surface area contributed by atoms with Gasteiger partial charge in [0.2, 0.25) is 5.52 Å². The summed E-state index contributed by atoms with van der Waals surface area (Å²) in [7, 11) is -2.23. The van der Waals surface area contributed by atoms with Crippen LogP contribution in [0.4, 0.5) is 0 Å². The zero-order chi connectivity index (χ0) is 21.3. The summed E-state index contributed by atoms with van der Waals surface area (Å²) in [5.41, 5.74) is -0.551. The monoisotopic (exact) mass is 436 g/mol. The van der Waals surface area contributed by atoms with Crippen molar-refractivity contribution in [3.05, 3.63) is 59.1 Å². The number of rotatable bonds is 11. The van der Waals surface area contributed by atoms with Crippen LogP contribution in [0.5, 0.6) is 5.75 Å². The van der Waals surface area contributed by atoms with Crippen LogP contribution in [-0.4, -0.2) is 31.4 Å². The molecule has 0 aliphatic heterocycles. The van der Waals surface area contributed by atoms with Gasteiger partial charge in [-0.1, -0.05) is 67.8 Å². The summed E-state index contributed by atoms with van der Waals surface area (Å²) in [5.74, 6) is -0.211. The van der Waals surface area contributed by atoms with Gasteiger partial charge in [0, 0.05) is 11.5 Å². The van der Waals surface area contributed by atoms with Gasteiger partial charge in [0.05, 0.1) is 30.7 Å². The maximum absolute atomic E-state index is 13.9. The summed E-state index contributed by atoms with van der Waals surface area (Å²) in [6, 6.07) is 13.3. The highest BCUT2D eigenvalue weighted by Crippen LogP contribution is 2.51. The Bertz CT molecular complexity index is 882. The molecule has 0 bridgehead atoms. The predicted molar refractivity (Wildman–Crippen MR) is 116 cm³/mol. The van der Waals surface area contributed by atoms with Crippen LogP contribution >= 0.6 is 18.7 Å². The molecule has 0 aliphatic rings. The molecular formula is C22H26ClO5P. The summed E-state index contributed by atoms with van der Waals surface area (Å²) in [6.45, 7) is 2.39. The van der Waals surface area contributed by atoms with Crippen molar-refractivity contribution in [2.75, 3.05) is 19.9 Å². The second kappa shape index (κ2) is 11.2. The predicted octanol–water partition coefficient (Wildman–Crippen LogP) is 5.30. The van der Waals surface area contributed by atoms with E-state index in [2.05, 4.69) is 6.92 Å². The van der Waals surface area contributed by atoms with Crippen molar-refractivity contribution in [2.24, 2.45) is 0 Å². The van der Waals surface area contributed by atoms with E-state index in [1.165, 1.54) is 7.11 Å². The Balaban J connectivity index is 2.30. The number of hydrogen-bond donors (Lipinski definition) is 0. The first kappa shape index (κ1) is 23.2. The maximum Gasteiger partial charge on any atom is 0.306 e. The number of benzene rings is 2. The standard InChI is InChI=1S/C22H26ClO5P/c1-3-4-8-15-28-20(24)14-16-29(26,17-10-6-5-7-11-17)22(25)21-18(23)12-9-13-19(21)27-2/h5-7,9-13H,3-4,8,14-16H2,1-2H3. The van der Waals surface area contributed by atoms with Crippen LogP contribution in [0.3, 0.4) is 0 Å². The van der Waals surface area contributed by atoms with Crippen molar-refractivity contribution in [3.63, 3.8) is 0 Å². The van der Waals surface area contributed by atoms with E-state index in [0.29, 0.717) is 11.9 Å². The van der Waals surface area contributed by atoms with Crippen molar-refractivity contribution in [1.82, 2.24) is 0 Å². The molecule has 7 heteroatoms. The van der Waals surface area contributed by atoms with Crippen molar-refractivity contribution >= 4 is 35.5 Å². The number of esters is 1. The van der Waals surface area contributed by atoms with Crippen LogP contribution in [0.1, 0.15) is 43.0 Å². The van der Waals surface area contributed by atoms with Gasteiger partial charge in [0.1, 0.15) is 5.75 Å². The number of halogens is 1. The third-order valence-electron chi connectivity index (χ3n) is 4.55. The first-order valence-electron chi connectivity index (χ1n) is 9.61. The SMILES string of the molecule is CCCCCOC(=O)CCP(=O)(C(=O)c1c(Cl)cccc1OC)c1ccccc1. The third-order valence-corrected chi connectivity index (χ3v) is 7.73. The maximum atomic E-state index is 13.9. The van der Waals surface area contributed by atoms with E-state index in [0.717, 1.165) is 19.3 Å². The molecule has 2 aromatic rings. The lowest BCUT2D eigenvalue weighted by atomic mass is 10.2. The minimum atomic E-state index is -3.65. The minimum absolute atomic E-state index is 0.0696. The van der Waals surface area contributed by atoms with Gasteiger partial charge >= 0.3 is 5.97 Å². The molecule has 156 valence electrons. The van der Waals surface area contributed by atoms with Gasteiger partial charge < -0.3 is 14.0 Å². The van der Waals surface area contributed by atoms with Crippen molar-refractivity contribution in [3.8, 4) is 5.75 Å². The Morgan fingerprint density at radius 2 is 1.76 bits per heavy atom. The Hall–Kier alpha value is -2.10. The van der Waals surface area contributed by atoms with Crippen LogP contribution in [0.25, 0.3) is 0 Å². The number of carbonyl (C=O) groups excluding carboxylic acids is 2. The fourth-order valence-corrected chi connectivity index (χ4v) is 5.69. The first-order valence-corrected chi connectivity index (χ1v) is 11.9. The second-order valence-corrected chi connectivity index (χ2v) is 9.86. The molecular weight excluding hydrogens is 411 g/mol. The molecule has 2 aromatic carbocycles. The molecule has 0 spiro atoms. The Kier molecular flexibility index (Phi) is 8.94. The van der Waals surface area contributed by atoms with Gasteiger partial charge in [-0.25, -0.2) is 0 Å².